The van der Waals surface area contributed by atoms with Crippen molar-refractivity contribution in [1.82, 2.24) is 4.13 Å². The van der Waals surface area contributed by atoms with Crippen LogP contribution in [0.5, 0.6) is 0 Å². The number of anilines is 1. The number of hydrogen-bond donors (Lipinski definition) is 2. The highest BCUT2D eigenvalue weighted by atomic mass is 32.3. The largest absolute Gasteiger partial charge is 0.398 e. The van der Waals surface area contributed by atoms with E-state index in [4.69, 9.17) is 5.73 Å². The SMILES string of the molecule is Cc1ccc(S(=O)(=O)NS(=O)(=O)c2ccccc2)cc1N. The number of aryl methyl sites for hydroxylation is 1. The van der Waals surface area contributed by atoms with Gasteiger partial charge < -0.3 is 5.73 Å². The summed E-state index contributed by atoms with van der Waals surface area (Å²) in [5, 5.41) is 0. The molecule has 0 saturated carbocycles. The predicted molar refractivity (Wildman–Crippen MR) is 79.5 cm³/mol. The Morgan fingerprint density at radius 1 is 0.857 bits per heavy atom. The van der Waals surface area contributed by atoms with Gasteiger partial charge in [-0.05, 0) is 36.8 Å². The first-order valence-corrected chi connectivity index (χ1v) is 8.89. The summed E-state index contributed by atoms with van der Waals surface area (Å²) in [6.45, 7) is 1.72. The number of sulfonamides is 2. The molecule has 0 saturated heterocycles. The predicted octanol–water partition coefficient (Wildman–Crippen LogP) is 1.24. The second kappa shape index (κ2) is 5.47. The van der Waals surface area contributed by atoms with Crippen LogP contribution in [0.15, 0.2) is 58.3 Å². The van der Waals surface area contributed by atoms with Gasteiger partial charge in [0, 0.05) is 5.69 Å². The Morgan fingerprint density at radius 3 is 2.00 bits per heavy atom. The summed E-state index contributed by atoms with van der Waals surface area (Å²) >= 11 is 0. The van der Waals surface area contributed by atoms with Gasteiger partial charge in [0.05, 0.1) is 9.79 Å². The standard InChI is InChI=1S/C13H14N2O4S2/c1-10-7-8-12(9-13(10)14)21(18,19)15-20(16,17)11-5-3-2-4-6-11/h2-9,15H,14H2,1H3. The molecule has 0 bridgehead atoms. The molecule has 0 aliphatic heterocycles. The van der Waals surface area contributed by atoms with Gasteiger partial charge >= 0.3 is 0 Å². The molecule has 0 aliphatic carbocycles. The van der Waals surface area contributed by atoms with Crippen molar-refractivity contribution >= 4 is 25.7 Å². The summed E-state index contributed by atoms with van der Waals surface area (Å²) in [4.78, 5) is -0.334. The smallest absolute Gasteiger partial charge is 0.253 e. The van der Waals surface area contributed by atoms with E-state index in [0.29, 0.717) is 5.56 Å². The second-order valence-corrected chi connectivity index (χ2v) is 8.04. The lowest BCUT2D eigenvalue weighted by molar-refractivity contribution is 0.577. The fourth-order valence-electron chi connectivity index (χ4n) is 1.63. The first-order chi connectivity index (χ1) is 9.72. The van der Waals surface area contributed by atoms with Gasteiger partial charge in [-0.1, -0.05) is 24.3 Å². The Morgan fingerprint density at radius 2 is 1.43 bits per heavy atom. The van der Waals surface area contributed by atoms with E-state index in [1.54, 1.807) is 17.1 Å². The van der Waals surface area contributed by atoms with Crippen molar-refractivity contribution in [3.8, 4) is 0 Å². The molecule has 0 atom stereocenters. The molecule has 2 rings (SSSR count). The number of hydrogen-bond acceptors (Lipinski definition) is 5. The third-order valence-corrected chi connectivity index (χ3v) is 6.36. The number of rotatable bonds is 4. The highest BCUT2D eigenvalue weighted by Crippen LogP contribution is 2.18. The van der Waals surface area contributed by atoms with Gasteiger partial charge in [-0.15, -0.1) is 4.13 Å². The van der Waals surface area contributed by atoms with E-state index in [9.17, 15) is 16.8 Å². The molecule has 2 aromatic rings. The van der Waals surface area contributed by atoms with Crippen LogP contribution in [0.25, 0.3) is 0 Å². The van der Waals surface area contributed by atoms with E-state index in [1.807, 2.05) is 0 Å². The Kier molecular flexibility index (Phi) is 4.04. The lowest BCUT2D eigenvalue weighted by Gasteiger charge is -2.09. The number of nitrogens with two attached hydrogens (primary N) is 1. The van der Waals surface area contributed by atoms with Crippen molar-refractivity contribution in [2.75, 3.05) is 5.73 Å². The van der Waals surface area contributed by atoms with Gasteiger partial charge in [0.2, 0.25) is 0 Å². The molecule has 112 valence electrons. The van der Waals surface area contributed by atoms with Crippen LogP contribution in [0.4, 0.5) is 5.69 Å². The van der Waals surface area contributed by atoms with E-state index in [1.165, 1.54) is 42.5 Å². The second-order valence-electron chi connectivity index (χ2n) is 4.42. The van der Waals surface area contributed by atoms with Crippen molar-refractivity contribution in [2.45, 2.75) is 16.7 Å². The molecule has 3 N–H and O–H groups in total. The van der Waals surface area contributed by atoms with Crippen LogP contribution in [0.1, 0.15) is 5.56 Å². The van der Waals surface area contributed by atoms with E-state index in [-0.39, 0.29) is 15.5 Å². The molecule has 8 heteroatoms. The maximum absolute atomic E-state index is 12.1. The van der Waals surface area contributed by atoms with Crippen molar-refractivity contribution < 1.29 is 16.8 Å². The molecule has 0 radical (unpaired) electrons. The average Bonchev–Trinajstić information content (AvgIpc) is 2.41. The van der Waals surface area contributed by atoms with Crippen molar-refractivity contribution in [2.24, 2.45) is 0 Å². The Labute approximate surface area is 123 Å². The van der Waals surface area contributed by atoms with E-state index in [0.717, 1.165) is 0 Å². The molecule has 0 fully saturated rings. The molecule has 0 heterocycles. The lowest BCUT2D eigenvalue weighted by atomic mass is 10.2. The monoisotopic (exact) mass is 326 g/mol. The average molecular weight is 326 g/mol. The van der Waals surface area contributed by atoms with Crippen LogP contribution < -0.4 is 9.86 Å². The van der Waals surface area contributed by atoms with E-state index in [2.05, 4.69) is 0 Å². The molecule has 0 aromatic heterocycles. The molecule has 0 unspecified atom stereocenters. The third kappa shape index (κ3) is 3.41. The minimum absolute atomic E-state index is 0.131. The highest BCUT2D eigenvalue weighted by Gasteiger charge is 2.24. The molecular weight excluding hydrogens is 312 g/mol. The van der Waals surface area contributed by atoms with Gasteiger partial charge in [0.25, 0.3) is 20.0 Å². The fourth-order valence-corrected chi connectivity index (χ4v) is 4.60. The summed E-state index contributed by atoms with van der Waals surface area (Å²) in [5.74, 6) is 0. The van der Waals surface area contributed by atoms with Gasteiger partial charge in [0.15, 0.2) is 0 Å². The number of benzene rings is 2. The molecule has 0 aliphatic rings. The van der Waals surface area contributed by atoms with Gasteiger partial charge in [-0.3, -0.25) is 0 Å². The molecule has 21 heavy (non-hydrogen) atoms. The molecule has 0 spiro atoms. The van der Waals surface area contributed by atoms with E-state index >= 15 is 0 Å². The quantitative estimate of drug-likeness (QED) is 0.822. The highest BCUT2D eigenvalue weighted by molar-refractivity contribution is 8.04. The maximum Gasteiger partial charge on any atom is 0.253 e. The van der Waals surface area contributed by atoms with Crippen molar-refractivity contribution in [3.63, 3.8) is 0 Å². The van der Waals surface area contributed by atoms with Crippen LogP contribution in [-0.2, 0) is 20.0 Å². The summed E-state index contributed by atoms with van der Waals surface area (Å²) in [6, 6.07) is 11.3. The van der Waals surface area contributed by atoms with Crippen LogP contribution >= 0.6 is 0 Å². The fraction of sp³-hybridized carbons (Fsp3) is 0.0769. The molecule has 6 nitrogen and oxygen atoms in total. The van der Waals surface area contributed by atoms with Crippen LogP contribution in [-0.4, -0.2) is 16.8 Å². The Balaban J connectivity index is 2.40. The maximum atomic E-state index is 12.1. The zero-order chi connectivity index (χ0) is 15.7. The van der Waals surface area contributed by atoms with Gasteiger partial charge in [-0.2, -0.15) is 0 Å². The molecule has 0 amide bonds. The summed E-state index contributed by atoms with van der Waals surface area (Å²) < 4.78 is 50.1. The lowest BCUT2D eigenvalue weighted by Crippen LogP contribution is -2.30. The zero-order valence-electron chi connectivity index (χ0n) is 11.1. The third-order valence-electron chi connectivity index (χ3n) is 2.83. The van der Waals surface area contributed by atoms with Crippen LogP contribution in [0, 0.1) is 6.92 Å². The molecular formula is C13H14N2O4S2. The minimum atomic E-state index is -4.22. The van der Waals surface area contributed by atoms with E-state index < -0.39 is 20.0 Å². The number of nitrogens with one attached hydrogen (secondary N) is 1. The normalized spacial score (nSPS) is 12.2. The Hall–Kier alpha value is -1.90. The van der Waals surface area contributed by atoms with Crippen LogP contribution in [0.2, 0.25) is 0 Å². The van der Waals surface area contributed by atoms with Crippen molar-refractivity contribution in [3.05, 3.63) is 54.1 Å². The topological polar surface area (TPSA) is 106 Å². The summed E-state index contributed by atoms with van der Waals surface area (Å²) in [5.41, 5.74) is 6.63. The Bertz CT molecular complexity index is 860. The first kappa shape index (κ1) is 15.5. The van der Waals surface area contributed by atoms with Crippen molar-refractivity contribution in [1.29, 1.82) is 0 Å². The molecule has 2 aromatic carbocycles. The van der Waals surface area contributed by atoms with Gasteiger partial charge in [-0.25, -0.2) is 16.8 Å². The first-order valence-electron chi connectivity index (χ1n) is 5.92. The zero-order valence-corrected chi connectivity index (χ0v) is 12.8. The van der Waals surface area contributed by atoms with Crippen LogP contribution in [0.3, 0.4) is 0 Å². The van der Waals surface area contributed by atoms with Gasteiger partial charge in [0.1, 0.15) is 0 Å². The summed E-state index contributed by atoms with van der Waals surface area (Å²) in [7, 11) is -8.39. The number of nitrogen functional groups attached to an aromatic ring is 1. The summed E-state index contributed by atoms with van der Waals surface area (Å²) in [6.07, 6.45) is 0. The minimum Gasteiger partial charge on any atom is -0.398 e.